The number of allylic oxidation sites excluding steroid dienone is 1. The first-order chi connectivity index (χ1) is 4.52. The van der Waals surface area contributed by atoms with Crippen LogP contribution in [0.3, 0.4) is 0 Å². The quantitative estimate of drug-likeness (QED) is 0.592. The molecule has 1 atom stereocenters. The van der Waals surface area contributed by atoms with E-state index >= 15 is 0 Å². The second kappa shape index (κ2) is 2.11. The Labute approximate surface area is 60.6 Å². The highest BCUT2D eigenvalue weighted by molar-refractivity contribution is 5.79. The lowest BCUT2D eigenvalue weighted by atomic mass is 10.1. The summed E-state index contributed by atoms with van der Waals surface area (Å²) in [6.07, 6.45) is 4.14. The Hall–Kier alpha value is -0.790. The summed E-state index contributed by atoms with van der Waals surface area (Å²) in [7, 11) is 0. The van der Waals surface area contributed by atoms with Crippen LogP contribution in [0, 0.1) is 11.3 Å². The van der Waals surface area contributed by atoms with Crippen LogP contribution >= 0.6 is 0 Å². The van der Waals surface area contributed by atoms with Gasteiger partial charge in [-0.25, -0.2) is 4.79 Å². The molecular weight excluding hydrogens is 128 g/mol. The van der Waals surface area contributed by atoms with Crippen LogP contribution in [0.5, 0.6) is 0 Å². The third-order valence-corrected chi connectivity index (χ3v) is 2.06. The van der Waals surface area contributed by atoms with Gasteiger partial charge in [-0.05, 0) is 17.8 Å². The zero-order valence-electron chi connectivity index (χ0n) is 6.29. The van der Waals surface area contributed by atoms with Gasteiger partial charge in [0.25, 0.3) is 0 Å². The summed E-state index contributed by atoms with van der Waals surface area (Å²) in [5.41, 5.74) is 0.353. The molecule has 10 heavy (non-hydrogen) atoms. The maximum absolute atomic E-state index is 10.1. The van der Waals surface area contributed by atoms with Crippen molar-refractivity contribution in [2.24, 2.45) is 11.3 Å². The molecule has 0 heterocycles. The molecule has 0 saturated heterocycles. The van der Waals surface area contributed by atoms with E-state index in [0.29, 0.717) is 11.3 Å². The second-order valence-electron chi connectivity index (χ2n) is 3.50. The van der Waals surface area contributed by atoms with E-state index in [2.05, 4.69) is 13.8 Å². The van der Waals surface area contributed by atoms with Crippen LogP contribution in [-0.2, 0) is 4.79 Å². The van der Waals surface area contributed by atoms with Crippen molar-refractivity contribution in [1.29, 1.82) is 0 Å². The summed E-state index contributed by atoms with van der Waals surface area (Å²) in [5, 5.41) is 8.27. The van der Waals surface area contributed by atoms with E-state index < -0.39 is 5.97 Å². The third kappa shape index (κ3) is 1.59. The summed E-state index contributed by atoms with van der Waals surface area (Å²) < 4.78 is 0. The van der Waals surface area contributed by atoms with Gasteiger partial charge in [0, 0.05) is 6.08 Å². The van der Waals surface area contributed by atoms with Crippen molar-refractivity contribution in [1.82, 2.24) is 0 Å². The number of hydrogen-bond acceptors (Lipinski definition) is 1. The van der Waals surface area contributed by atoms with Crippen molar-refractivity contribution in [2.45, 2.75) is 20.3 Å². The summed E-state index contributed by atoms with van der Waals surface area (Å²) >= 11 is 0. The lowest BCUT2D eigenvalue weighted by Crippen LogP contribution is -1.89. The Morgan fingerprint density at radius 2 is 2.20 bits per heavy atom. The molecule has 1 rings (SSSR count). The van der Waals surface area contributed by atoms with Crippen molar-refractivity contribution in [3.8, 4) is 0 Å². The fraction of sp³-hybridized carbons (Fsp3) is 0.625. The Kier molecular flexibility index (Phi) is 1.55. The second-order valence-corrected chi connectivity index (χ2v) is 3.50. The minimum Gasteiger partial charge on any atom is -0.478 e. The molecule has 1 N–H and O–H groups in total. The minimum atomic E-state index is -0.845. The van der Waals surface area contributed by atoms with Gasteiger partial charge >= 0.3 is 5.97 Å². The van der Waals surface area contributed by atoms with E-state index in [4.69, 9.17) is 5.11 Å². The number of hydrogen-bond donors (Lipinski definition) is 1. The zero-order chi connectivity index (χ0) is 7.78. The predicted octanol–water partition coefficient (Wildman–Crippen LogP) is 1.67. The summed E-state index contributed by atoms with van der Waals surface area (Å²) in [5.74, 6) is -0.355. The van der Waals surface area contributed by atoms with E-state index in [1.54, 1.807) is 6.08 Å². The van der Waals surface area contributed by atoms with Crippen molar-refractivity contribution in [2.75, 3.05) is 0 Å². The average molecular weight is 140 g/mol. The smallest absolute Gasteiger partial charge is 0.327 e. The van der Waals surface area contributed by atoms with Gasteiger partial charge in [-0.1, -0.05) is 19.9 Å². The summed E-state index contributed by atoms with van der Waals surface area (Å²) in [6.45, 7) is 4.29. The van der Waals surface area contributed by atoms with Crippen LogP contribution in [0.25, 0.3) is 0 Å². The first-order valence-corrected chi connectivity index (χ1v) is 3.43. The molecule has 0 radical (unpaired) electrons. The fourth-order valence-electron chi connectivity index (χ4n) is 1.03. The van der Waals surface area contributed by atoms with Crippen molar-refractivity contribution >= 4 is 5.97 Å². The van der Waals surface area contributed by atoms with E-state index in [1.807, 2.05) is 0 Å². The number of aliphatic carboxylic acids is 1. The van der Waals surface area contributed by atoms with E-state index in [1.165, 1.54) is 6.08 Å². The Morgan fingerprint density at radius 1 is 1.70 bits per heavy atom. The fourth-order valence-corrected chi connectivity index (χ4v) is 1.03. The molecule has 0 bridgehead atoms. The number of carboxylic acids is 1. The van der Waals surface area contributed by atoms with Gasteiger partial charge in [-0.15, -0.1) is 0 Å². The van der Waals surface area contributed by atoms with Crippen molar-refractivity contribution in [3.05, 3.63) is 12.2 Å². The normalized spacial score (nSPS) is 28.8. The average Bonchev–Trinajstić information content (AvgIpc) is 2.35. The minimum absolute atomic E-state index is 0.353. The Balaban J connectivity index is 2.37. The molecule has 1 fully saturated rings. The van der Waals surface area contributed by atoms with E-state index in [0.717, 1.165) is 6.42 Å². The molecule has 0 aromatic carbocycles. The number of rotatable bonds is 2. The summed E-state index contributed by atoms with van der Waals surface area (Å²) in [4.78, 5) is 10.1. The first-order valence-electron chi connectivity index (χ1n) is 3.43. The molecule has 0 spiro atoms. The van der Waals surface area contributed by atoms with E-state index in [-0.39, 0.29) is 0 Å². The molecule has 0 amide bonds. The molecule has 1 aliphatic carbocycles. The van der Waals surface area contributed by atoms with Gasteiger partial charge in [0.2, 0.25) is 0 Å². The molecular formula is C8H12O2. The maximum Gasteiger partial charge on any atom is 0.327 e. The highest BCUT2D eigenvalue weighted by Crippen LogP contribution is 2.52. The van der Waals surface area contributed by atoms with Crippen LogP contribution in [0.2, 0.25) is 0 Å². The van der Waals surface area contributed by atoms with Gasteiger partial charge in [0.05, 0.1) is 0 Å². The summed E-state index contributed by atoms with van der Waals surface area (Å²) in [6, 6.07) is 0. The van der Waals surface area contributed by atoms with Gasteiger partial charge < -0.3 is 5.11 Å². The predicted molar refractivity (Wildman–Crippen MR) is 38.7 cm³/mol. The topological polar surface area (TPSA) is 37.3 Å². The number of carbonyl (C=O) groups is 1. The largest absolute Gasteiger partial charge is 0.478 e. The molecule has 0 aromatic rings. The van der Waals surface area contributed by atoms with Gasteiger partial charge in [0.1, 0.15) is 0 Å². The monoisotopic (exact) mass is 140 g/mol. The van der Waals surface area contributed by atoms with Gasteiger partial charge in [-0.3, -0.25) is 0 Å². The molecule has 1 aliphatic rings. The Morgan fingerprint density at radius 3 is 2.50 bits per heavy atom. The number of carboxylic acid groups (broad SMARTS) is 1. The highest BCUT2D eigenvalue weighted by atomic mass is 16.4. The van der Waals surface area contributed by atoms with Gasteiger partial charge in [-0.2, -0.15) is 0 Å². The lowest BCUT2D eigenvalue weighted by molar-refractivity contribution is -0.131. The standard InChI is InChI=1S/C8H12O2/c1-8(2)5-6(8)3-4-7(9)10/h3-4,6H,5H2,1-2H3,(H,9,10)/b4-3-. The van der Waals surface area contributed by atoms with Crippen LogP contribution in [0.4, 0.5) is 0 Å². The SMILES string of the molecule is CC1(C)CC1/C=C\C(=O)O. The molecule has 2 nitrogen and oxygen atoms in total. The van der Waals surface area contributed by atoms with Gasteiger partial charge in [0.15, 0.2) is 0 Å². The molecule has 0 aliphatic heterocycles. The molecule has 1 unspecified atom stereocenters. The van der Waals surface area contributed by atoms with Crippen LogP contribution in [0.15, 0.2) is 12.2 Å². The zero-order valence-corrected chi connectivity index (χ0v) is 6.29. The van der Waals surface area contributed by atoms with Crippen LogP contribution in [0.1, 0.15) is 20.3 Å². The maximum atomic E-state index is 10.1. The van der Waals surface area contributed by atoms with Crippen LogP contribution < -0.4 is 0 Å². The van der Waals surface area contributed by atoms with Crippen LogP contribution in [-0.4, -0.2) is 11.1 Å². The Bertz CT molecular complexity index is 180. The first kappa shape index (κ1) is 7.32. The lowest BCUT2D eigenvalue weighted by Gasteiger charge is -1.94. The molecule has 56 valence electrons. The van der Waals surface area contributed by atoms with E-state index in [9.17, 15) is 4.79 Å². The van der Waals surface area contributed by atoms with Crippen molar-refractivity contribution < 1.29 is 9.90 Å². The molecule has 2 heteroatoms. The van der Waals surface area contributed by atoms with Crippen molar-refractivity contribution in [3.63, 3.8) is 0 Å². The molecule has 1 saturated carbocycles. The third-order valence-electron chi connectivity index (χ3n) is 2.06. The molecule has 0 aromatic heterocycles. The highest BCUT2D eigenvalue weighted by Gasteiger charge is 2.43.